The predicted molar refractivity (Wildman–Crippen MR) is 84.2 cm³/mol. The Balaban J connectivity index is 2.01. The normalized spacial score (nSPS) is 10.6. The van der Waals surface area contributed by atoms with Gasteiger partial charge in [-0.15, -0.1) is 0 Å². The summed E-state index contributed by atoms with van der Waals surface area (Å²) in [6.45, 7) is 2.01. The number of benzene rings is 2. The van der Waals surface area contributed by atoms with Crippen LogP contribution in [0.1, 0.15) is 5.56 Å². The van der Waals surface area contributed by atoms with Gasteiger partial charge in [0, 0.05) is 15.6 Å². The van der Waals surface area contributed by atoms with Crippen LogP contribution >= 0.6 is 15.9 Å². The first kappa shape index (κ1) is 13.8. The van der Waals surface area contributed by atoms with E-state index in [-0.39, 0.29) is 0 Å². The standard InChI is InChI=1S/C16H13BrN2O2/c1-10-6-7-12(17)9-14(10)16-18-15(19-21-16)11-4-3-5-13(8-11)20-2/h3-9H,1-2H3. The Bertz CT molecular complexity index is 783. The van der Waals surface area contributed by atoms with Crippen molar-refractivity contribution in [1.29, 1.82) is 0 Å². The molecular weight excluding hydrogens is 332 g/mol. The third-order valence-corrected chi connectivity index (χ3v) is 3.68. The molecule has 0 N–H and O–H groups in total. The molecule has 2 aromatic carbocycles. The first-order chi connectivity index (χ1) is 10.2. The van der Waals surface area contributed by atoms with Gasteiger partial charge >= 0.3 is 0 Å². The van der Waals surface area contributed by atoms with Gasteiger partial charge in [0.25, 0.3) is 5.89 Å². The summed E-state index contributed by atoms with van der Waals surface area (Å²) in [5, 5.41) is 4.05. The van der Waals surface area contributed by atoms with Crippen molar-refractivity contribution in [2.45, 2.75) is 6.92 Å². The minimum absolute atomic E-state index is 0.506. The number of nitrogens with zero attached hydrogens (tertiary/aromatic N) is 2. The lowest BCUT2D eigenvalue weighted by atomic mass is 10.1. The van der Waals surface area contributed by atoms with Gasteiger partial charge in [0.1, 0.15) is 5.75 Å². The number of halogens is 1. The molecule has 0 unspecified atom stereocenters. The third kappa shape index (κ3) is 2.83. The first-order valence-electron chi connectivity index (χ1n) is 6.42. The summed E-state index contributed by atoms with van der Waals surface area (Å²) in [5.74, 6) is 1.81. The van der Waals surface area contributed by atoms with Crippen LogP contribution in [-0.2, 0) is 0 Å². The van der Waals surface area contributed by atoms with Gasteiger partial charge in [-0.2, -0.15) is 4.98 Å². The van der Waals surface area contributed by atoms with E-state index in [1.807, 2.05) is 49.4 Å². The van der Waals surface area contributed by atoms with Gasteiger partial charge in [0.2, 0.25) is 5.82 Å². The Labute approximate surface area is 130 Å². The number of hydrogen-bond donors (Lipinski definition) is 0. The molecule has 106 valence electrons. The van der Waals surface area contributed by atoms with E-state index in [4.69, 9.17) is 9.26 Å². The Morgan fingerprint density at radius 3 is 2.81 bits per heavy atom. The van der Waals surface area contributed by atoms with Crippen LogP contribution < -0.4 is 4.74 Å². The molecule has 3 rings (SSSR count). The molecule has 1 heterocycles. The Morgan fingerprint density at radius 2 is 2.00 bits per heavy atom. The van der Waals surface area contributed by atoms with Gasteiger partial charge in [0.15, 0.2) is 0 Å². The molecule has 0 fully saturated rings. The number of aryl methyl sites for hydroxylation is 1. The summed E-state index contributed by atoms with van der Waals surface area (Å²) in [7, 11) is 1.63. The molecule has 0 aliphatic heterocycles. The largest absolute Gasteiger partial charge is 0.497 e. The highest BCUT2D eigenvalue weighted by Gasteiger charge is 2.13. The van der Waals surface area contributed by atoms with Crippen molar-refractivity contribution in [3.8, 4) is 28.6 Å². The third-order valence-electron chi connectivity index (χ3n) is 3.18. The van der Waals surface area contributed by atoms with Crippen LogP contribution in [0.2, 0.25) is 0 Å². The number of rotatable bonds is 3. The van der Waals surface area contributed by atoms with E-state index in [2.05, 4.69) is 26.1 Å². The maximum absolute atomic E-state index is 5.39. The minimum atomic E-state index is 0.506. The monoisotopic (exact) mass is 344 g/mol. The molecule has 0 saturated carbocycles. The lowest BCUT2D eigenvalue weighted by Crippen LogP contribution is -1.86. The number of methoxy groups -OCH3 is 1. The summed E-state index contributed by atoms with van der Waals surface area (Å²) in [5.41, 5.74) is 2.86. The highest BCUT2D eigenvalue weighted by Crippen LogP contribution is 2.28. The lowest BCUT2D eigenvalue weighted by molar-refractivity contribution is 0.414. The van der Waals surface area contributed by atoms with Crippen LogP contribution in [0.3, 0.4) is 0 Å². The average Bonchev–Trinajstić information content (AvgIpc) is 2.99. The highest BCUT2D eigenvalue weighted by atomic mass is 79.9. The van der Waals surface area contributed by atoms with Crippen LogP contribution in [-0.4, -0.2) is 17.3 Å². The smallest absolute Gasteiger partial charge is 0.258 e. The Morgan fingerprint density at radius 1 is 1.14 bits per heavy atom. The molecule has 0 bridgehead atoms. The van der Waals surface area contributed by atoms with E-state index in [1.54, 1.807) is 7.11 Å². The van der Waals surface area contributed by atoms with Gasteiger partial charge in [-0.25, -0.2) is 0 Å². The molecule has 3 aromatic rings. The molecule has 0 spiro atoms. The number of ether oxygens (including phenoxy) is 1. The first-order valence-corrected chi connectivity index (χ1v) is 7.21. The maximum Gasteiger partial charge on any atom is 0.258 e. The van der Waals surface area contributed by atoms with E-state index < -0.39 is 0 Å². The molecule has 0 atom stereocenters. The Hall–Kier alpha value is -2.14. The molecule has 4 nitrogen and oxygen atoms in total. The van der Waals surface area contributed by atoms with Crippen molar-refractivity contribution in [2.24, 2.45) is 0 Å². The quantitative estimate of drug-likeness (QED) is 0.702. The number of aromatic nitrogens is 2. The average molecular weight is 345 g/mol. The van der Waals surface area contributed by atoms with E-state index >= 15 is 0 Å². The van der Waals surface area contributed by atoms with E-state index in [9.17, 15) is 0 Å². The zero-order chi connectivity index (χ0) is 14.8. The second-order valence-electron chi connectivity index (χ2n) is 4.61. The minimum Gasteiger partial charge on any atom is -0.497 e. The topological polar surface area (TPSA) is 48.2 Å². The summed E-state index contributed by atoms with van der Waals surface area (Å²) < 4.78 is 11.6. The Kier molecular flexibility index (Phi) is 3.75. The van der Waals surface area contributed by atoms with E-state index in [1.165, 1.54) is 0 Å². The fourth-order valence-corrected chi connectivity index (χ4v) is 2.40. The molecule has 21 heavy (non-hydrogen) atoms. The molecule has 0 amide bonds. The van der Waals surface area contributed by atoms with Crippen LogP contribution in [0.4, 0.5) is 0 Å². The van der Waals surface area contributed by atoms with Gasteiger partial charge in [-0.05, 0) is 36.8 Å². The maximum atomic E-state index is 5.39. The lowest BCUT2D eigenvalue weighted by Gasteiger charge is -2.01. The molecule has 1 aromatic heterocycles. The SMILES string of the molecule is COc1cccc(-c2noc(-c3cc(Br)ccc3C)n2)c1. The summed E-state index contributed by atoms with van der Waals surface area (Å²) in [6.07, 6.45) is 0. The van der Waals surface area contributed by atoms with Crippen molar-refractivity contribution in [2.75, 3.05) is 7.11 Å². The van der Waals surface area contributed by atoms with E-state index in [0.29, 0.717) is 11.7 Å². The highest BCUT2D eigenvalue weighted by molar-refractivity contribution is 9.10. The van der Waals surface area contributed by atoms with Crippen molar-refractivity contribution < 1.29 is 9.26 Å². The van der Waals surface area contributed by atoms with Crippen molar-refractivity contribution >= 4 is 15.9 Å². The molecular formula is C16H13BrN2O2. The molecule has 0 saturated heterocycles. The van der Waals surface area contributed by atoms with Gasteiger partial charge in [0.05, 0.1) is 7.11 Å². The van der Waals surface area contributed by atoms with Crippen molar-refractivity contribution in [3.05, 3.63) is 52.5 Å². The summed E-state index contributed by atoms with van der Waals surface area (Å²) in [6, 6.07) is 13.5. The molecule has 0 aliphatic carbocycles. The van der Waals surface area contributed by atoms with Crippen molar-refractivity contribution in [3.63, 3.8) is 0 Å². The molecule has 5 heteroatoms. The summed E-state index contributed by atoms with van der Waals surface area (Å²) >= 11 is 3.46. The van der Waals surface area contributed by atoms with Crippen LogP contribution in [0.25, 0.3) is 22.8 Å². The second-order valence-corrected chi connectivity index (χ2v) is 5.53. The zero-order valence-corrected chi connectivity index (χ0v) is 13.2. The second kappa shape index (κ2) is 5.69. The van der Waals surface area contributed by atoms with Crippen LogP contribution in [0.15, 0.2) is 51.5 Å². The molecule has 0 aliphatic rings. The fraction of sp³-hybridized carbons (Fsp3) is 0.125. The zero-order valence-electron chi connectivity index (χ0n) is 11.6. The van der Waals surface area contributed by atoms with Crippen LogP contribution in [0.5, 0.6) is 5.75 Å². The fourth-order valence-electron chi connectivity index (χ4n) is 2.04. The van der Waals surface area contributed by atoms with Gasteiger partial charge in [-0.3, -0.25) is 0 Å². The number of hydrogen-bond acceptors (Lipinski definition) is 4. The van der Waals surface area contributed by atoms with Crippen LogP contribution in [0, 0.1) is 6.92 Å². The van der Waals surface area contributed by atoms with Crippen molar-refractivity contribution in [1.82, 2.24) is 10.1 Å². The van der Waals surface area contributed by atoms with Gasteiger partial charge in [-0.1, -0.05) is 39.3 Å². The summed E-state index contributed by atoms with van der Waals surface area (Å²) in [4.78, 5) is 4.47. The van der Waals surface area contributed by atoms with Gasteiger partial charge < -0.3 is 9.26 Å². The predicted octanol–water partition coefficient (Wildman–Crippen LogP) is 4.48. The van der Waals surface area contributed by atoms with E-state index in [0.717, 1.165) is 26.9 Å². The molecule has 0 radical (unpaired) electrons.